The van der Waals surface area contributed by atoms with Crippen LogP contribution >= 0.6 is 0 Å². The molecule has 21 heavy (non-hydrogen) atoms. The third-order valence-corrected chi connectivity index (χ3v) is 3.34. The molecule has 1 atom stereocenters. The lowest BCUT2D eigenvalue weighted by Crippen LogP contribution is -2.22. The van der Waals surface area contributed by atoms with E-state index in [2.05, 4.69) is 12.2 Å². The van der Waals surface area contributed by atoms with Crippen LogP contribution in [-0.2, 0) is 0 Å². The summed E-state index contributed by atoms with van der Waals surface area (Å²) in [6.45, 7) is 4.13. The first-order chi connectivity index (χ1) is 9.90. The van der Waals surface area contributed by atoms with E-state index in [0.29, 0.717) is 11.3 Å². The summed E-state index contributed by atoms with van der Waals surface area (Å²) in [6.07, 6.45) is 2.85. The second-order valence-electron chi connectivity index (χ2n) is 5.23. The van der Waals surface area contributed by atoms with Crippen molar-refractivity contribution in [1.82, 2.24) is 4.90 Å². The Bertz CT molecular complexity index is 515. The van der Waals surface area contributed by atoms with Gasteiger partial charge in [-0.25, -0.2) is 0 Å². The lowest BCUT2D eigenvalue weighted by atomic mass is 10.1. The summed E-state index contributed by atoms with van der Waals surface area (Å²) in [5, 5.41) is 14.4. The number of carbonyl (C=O) groups excluding carboxylic acids is 1. The van der Waals surface area contributed by atoms with Crippen molar-refractivity contribution in [2.75, 3.05) is 19.4 Å². The van der Waals surface area contributed by atoms with Gasteiger partial charge < -0.3 is 10.2 Å². The molecule has 0 radical (unpaired) electrons. The van der Waals surface area contributed by atoms with Gasteiger partial charge in [0.25, 0.3) is 11.6 Å². The Hall–Kier alpha value is -2.11. The average Bonchev–Trinajstić information content (AvgIpc) is 2.45. The molecule has 0 aliphatic rings. The highest BCUT2D eigenvalue weighted by Crippen LogP contribution is 2.27. The normalized spacial score (nSPS) is 11.8. The third kappa shape index (κ3) is 4.44. The standard InChI is InChI=1S/C15H23N3O3/c1-5-7-12(6-2)16-13-9-8-11(15(19)17(3)4)10-14(13)18(20)21/h8-10,12,16H,5-7H2,1-4H3. The molecule has 0 aliphatic heterocycles. The predicted octanol–water partition coefficient (Wildman–Crippen LogP) is 3.29. The highest BCUT2D eigenvalue weighted by molar-refractivity contribution is 5.95. The second kappa shape index (κ2) is 7.61. The molecule has 0 bridgehead atoms. The molecule has 0 fully saturated rings. The van der Waals surface area contributed by atoms with Gasteiger partial charge in [-0.1, -0.05) is 20.3 Å². The molecule has 0 aromatic heterocycles. The van der Waals surface area contributed by atoms with E-state index in [1.807, 2.05) is 6.92 Å². The van der Waals surface area contributed by atoms with Crippen molar-refractivity contribution in [3.63, 3.8) is 0 Å². The smallest absolute Gasteiger partial charge is 0.293 e. The molecule has 0 aliphatic carbocycles. The van der Waals surface area contributed by atoms with Crippen LogP contribution in [0.3, 0.4) is 0 Å². The number of anilines is 1. The van der Waals surface area contributed by atoms with E-state index in [4.69, 9.17) is 0 Å². The van der Waals surface area contributed by atoms with Crippen LogP contribution in [0.5, 0.6) is 0 Å². The number of nitrogens with zero attached hydrogens (tertiary/aromatic N) is 2. The molecule has 6 nitrogen and oxygen atoms in total. The van der Waals surface area contributed by atoms with Crippen molar-refractivity contribution < 1.29 is 9.72 Å². The molecule has 1 N–H and O–H groups in total. The number of hydrogen-bond donors (Lipinski definition) is 1. The topological polar surface area (TPSA) is 75.5 Å². The van der Waals surface area contributed by atoms with Crippen molar-refractivity contribution in [3.05, 3.63) is 33.9 Å². The van der Waals surface area contributed by atoms with E-state index in [9.17, 15) is 14.9 Å². The molecule has 1 unspecified atom stereocenters. The minimum absolute atomic E-state index is 0.0581. The van der Waals surface area contributed by atoms with E-state index in [0.717, 1.165) is 19.3 Å². The van der Waals surface area contributed by atoms with Crippen LogP contribution in [0.2, 0.25) is 0 Å². The monoisotopic (exact) mass is 293 g/mol. The summed E-state index contributed by atoms with van der Waals surface area (Å²) in [7, 11) is 3.24. The maximum atomic E-state index is 11.9. The predicted molar refractivity (Wildman–Crippen MR) is 83.7 cm³/mol. The number of nitro benzene ring substituents is 1. The number of amides is 1. The summed E-state index contributed by atoms with van der Waals surface area (Å²) in [5.41, 5.74) is 0.730. The molecular formula is C15H23N3O3. The van der Waals surface area contributed by atoms with Gasteiger partial charge in [0.05, 0.1) is 4.92 Å². The Kier molecular flexibility index (Phi) is 6.14. The van der Waals surface area contributed by atoms with Gasteiger partial charge in [-0.15, -0.1) is 0 Å². The first kappa shape index (κ1) is 16.9. The summed E-state index contributed by atoms with van der Waals surface area (Å²) in [6, 6.07) is 4.77. The quantitative estimate of drug-likeness (QED) is 0.618. The van der Waals surface area contributed by atoms with Crippen LogP contribution in [0.25, 0.3) is 0 Å². The van der Waals surface area contributed by atoms with Crippen LogP contribution in [0, 0.1) is 10.1 Å². The molecule has 0 saturated heterocycles. The van der Waals surface area contributed by atoms with Gasteiger partial charge in [0.1, 0.15) is 5.69 Å². The van der Waals surface area contributed by atoms with Crippen LogP contribution < -0.4 is 5.32 Å². The molecule has 0 heterocycles. The second-order valence-corrected chi connectivity index (χ2v) is 5.23. The summed E-state index contributed by atoms with van der Waals surface area (Å²) in [4.78, 5) is 24.1. The highest BCUT2D eigenvalue weighted by atomic mass is 16.6. The number of benzene rings is 1. The van der Waals surface area contributed by atoms with Crippen molar-refractivity contribution in [2.24, 2.45) is 0 Å². The van der Waals surface area contributed by atoms with Crippen molar-refractivity contribution in [3.8, 4) is 0 Å². The zero-order valence-electron chi connectivity index (χ0n) is 13.0. The van der Waals surface area contributed by atoms with E-state index < -0.39 is 4.92 Å². The summed E-state index contributed by atoms with van der Waals surface area (Å²) < 4.78 is 0. The lowest BCUT2D eigenvalue weighted by molar-refractivity contribution is -0.384. The van der Waals surface area contributed by atoms with Gasteiger partial charge in [0.15, 0.2) is 0 Å². The fourth-order valence-corrected chi connectivity index (χ4v) is 2.14. The maximum absolute atomic E-state index is 11.9. The fraction of sp³-hybridized carbons (Fsp3) is 0.533. The Morgan fingerprint density at radius 2 is 2.05 bits per heavy atom. The third-order valence-electron chi connectivity index (χ3n) is 3.34. The molecule has 0 spiro atoms. The molecule has 0 saturated carbocycles. The largest absolute Gasteiger partial charge is 0.377 e. The van der Waals surface area contributed by atoms with Crippen LogP contribution in [0.15, 0.2) is 18.2 Å². The van der Waals surface area contributed by atoms with Gasteiger partial charge in [0, 0.05) is 31.8 Å². The number of nitrogens with one attached hydrogen (secondary N) is 1. The van der Waals surface area contributed by atoms with Gasteiger partial charge in [-0.3, -0.25) is 14.9 Å². The van der Waals surface area contributed by atoms with Crippen LogP contribution in [0.4, 0.5) is 11.4 Å². The zero-order valence-corrected chi connectivity index (χ0v) is 13.0. The Morgan fingerprint density at radius 3 is 2.52 bits per heavy atom. The summed E-state index contributed by atoms with van der Waals surface area (Å²) >= 11 is 0. The highest BCUT2D eigenvalue weighted by Gasteiger charge is 2.20. The van der Waals surface area contributed by atoms with E-state index >= 15 is 0 Å². The Balaban J connectivity index is 3.10. The molecule has 116 valence electrons. The number of nitro groups is 1. The van der Waals surface area contributed by atoms with Crippen LogP contribution in [0.1, 0.15) is 43.5 Å². The molecule has 1 rings (SSSR count). The molecule has 1 aromatic rings. The first-order valence-electron chi connectivity index (χ1n) is 7.17. The van der Waals surface area contributed by atoms with Crippen molar-refractivity contribution >= 4 is 17.3 Å². The molecule has 1 amide bonds. The fourth-order valence-electron chi connectivity index (χ4n) is 2.14. The Morgan fingerprint density at radius 1 is 1.38 bits per heavy atom. The van der Waals surface area contributed by atoms with Gasteiger partial charge in [-0.2, -0.15) is 0 Å². The average molecular weight is 293 g/mol. The maximum Gasteiger partial charge on any atom is 0.293 e. The van der Waals surface area contributed by atoms with Crippen molar-refractivity contribution in [2.45, 2.75) is 39.2 Å². The Labute approximate surface area is 125 Å². The number of carbonyl (C=O) groups is 1. The van der Waals surface area contributed by atoms with Gasteiger partial charge in [0.2, 0.25) is 0 Å². The SMILES string of the molecule is CCCC(CC)Nc1ccc(C(=O)N(C)C)cc1[N+](=O)[O-]. The minimum Gasteiger partial charge on any atom is -0.377 e. The van der Waals surface area contributed by atoms with E-state index in [1.165, 1.54) is 11.0 Å². The van der Waals surface area contributed by atoms with E-state index in [1.54, 1.807) is 26.2 Å². The minimum atomic E-state index is -0.451. The molecule has 1 aromatic carbocycles. The number of hydrogen-bond acceptors (Lipinski definition) is 4. The van der Waals surface area contributed by atoms with Crippen LogP contribution in [-0.4, -0.2) is 35.9 Å². The summed E-state index contributed by atoms with van der Waals surface area (Å²) in [5.74, 6) is -0.245. The lowest BCUT2D eigenvalue weighted by Gasteiger charge is -2.18. The van der Waals surface area contributed by atoms with E-state index in [-0.39, 0.29) is 17.6 Å². The molecular weight excluding hydrogens is 270 g/mol. The first-order valence-corrected chi connectivity index (χ1v) is 7.17. The van der Waals surface area contributed by atoms with Gasteiger partial charge >= 0.3 is 0 Å². The number of rotatable bonds is 7. The van der Waals surface area contributed by atoms with Crippen molar-refractivity contribution in [1.29, 1.82) is 0 Å². The van der Waals surface area contributed by atoms with Gasteiger partial charge in [-0.05, 0) is 25.0 Å². The molecule has 6 heteroatoms. The zero-order chi connectivity index (χ0) is 16.0.